The number of nitrogens with one attached hydrogen (secondary N) is 2. The van der Waals surface area contributed by atoms with Crippen LogP contribution < -0.4 is 16.6 Å². The normalized spacial score (nSPS) is 10.2. The highest BCUT2D eigenvalue weighted by atomic mass is 35.5. The van der Waals surface area contributed by atoms with Crippen molar-refractivity contribution in [2.75, 3.05) is 10.7 Å². The Morgan fingerprint density at radius 2 is 1.89 bits per heavy atom. The van der Waals surface area contributed by atoms with Crippen molar-refractivity contribution in [3.63, 3.8) is 0 Å². The Bertz CT molecular complexity index is 570. The minimum Gasteiger partial charge on any atom is -0.339 e. The van der Waals surface area contributed by atoms with Crippen molar-refractivity contribution in [2.45, 2.75) is 13.8 Å². The molecule has 2 aromatic rings. The standard InChI is InChI=1S/C12H14ClN5/c1-7-3-4-10(9(13)5-7)17-11-8(2)12(18-14)16-6-15-11/h3-6H,14H2,1-2H3,(H2,15,16,17,18). The molecule has 18 heavy (non-hydrogen) atoms. The van der Waals surface area contributed by atoms with Crippen LogP contribution in [0.5, 0.6) is 0 Å². The molecule has 6 heteroatoms. The van der Waals surface area contributed by atoms with Gasteiger partial charge in [-0.2, -0.15) is 0 Å². The summed E-state index contributed by atoms with van der Waals surface area (Å²) < 4.78 is 0. The van der Waals surface area contributed by atoms with Crippen molar-refractivity contribution in [1.82, 2.24) is 9.97 Å². The number of benzene rings is 1. The maximum absolute atomic E-state index is 6.16. The summed E-state index contributed by atoms with van der Waals surface area (Å²) in [5.74, 6) is 6.62. The average Bonchev–Trinajstić information content (AvgIpc) is 2.35. The first-order valence-electron chi connectivity index (χ1n) is 5.43. The zero-order chi connectivity index (χ0) is 13.1. The number of hydrazine groups is 1. The Morgan fingerprint density at radius 1 is 1.17 bits per heavy atom. The highest BCUT2D eigenvalue weighted by Crippen LogP contribution is 2.27. The maximum Gasteiger partial charge on any atom is 0.148 e. The van der Waals surface area contributed by atoms with Gasteiger partial charge < -0.3 is 10.7 Å². The van der Waals surface area contributed by atoms with Gasteiger partial charge in [0.2, 0.25) is 0 Å². The summed E-state index contributed by atoms with van der Waals surface area (Å²) in [6.45, 7) is 3.86. The van der Waals surface area contributed by atoms with Crippen molar-refractivity contribution in [3.8, 4) is 0 Å². The van der Waals surface area contributed by atoms with Gasteiger partial charge in [-0.1, -0.05) is 17.7 Å². The predicted octanol–water partition coefficient (Wildman–Crippen LogP) is 2.78. The molecule has 0 spiro atoms. The molecule has 94 valence electrons. The van der Waals surface area contributed by atoms with Crippen LogP contribution in [0.2, 0.25) is 5.02 Å². The lowest BCUT2D eigenvalue weighted by atomic mass is 10.2. The molecule has 1 aromatic heterocycles. The van der Waals surface area contributed by atoms with Gasteiger partial charge in [0, 0.05) is 5.56 Å². The Balaban J connectivity index is 2.34. The molecular formula is C12H14ClN5. The average molecular weight is 264 g/mol. The summed E-state index contributed by atoms with van der Waals surface area (Å²) in [5, 5.41) is 3.81. The molecule has 0 radical (unpaired) electrons. The number of hydrogen-bond donors (Lipinski definition) is 3. The van der Waals surface area contributed by atoms with Gasteiger partial charge >= 0.3 is 0 Å². The monoisotopic (exact) mass is 263 g/mol. The van der Waals surface area contributed by atoms with E-state index in [0.717, 1.165) is 16.8 Å². The first kappa shape index (κ1) is 12.6. The quantitative estimate of drug-likeness (QED) is 0.586. The molecule has 0 saturated heterocycles. The molecule has 0 atom stereocenters. The summed E-state index contributed by atoms with van der Waals surface area (Å²) in [6, 6.07) is 5.78. The lowest BCUT2D eigenvalue weighted by Gasteiger charge is -2.12. The van der Waals surface area contributed by atoms with Crippen molar-refractivity contribution >= 4 is 28.9 Å². The van der Waals surface area contributed by atoms with Crippen LogP contribution >= 0.6 is 11.6 Å². The van der Waals surface area contributed by atoms with E-state index in [4.69, 9.17) is 17.4 Å². The Hall–Kier alpha value is -1.85. The first-order valence-corrected chi connectivity index (χ1v) is 5.81. The van der Waals surface area contributed by atoms with Crippen LogP contribution in [0.15, 0.2) is 24.5 Å². The van der Waals surface area contributed by atoms with Crippen LogP contribution in [0.3, 0.4) is 0 Å². The Kier molecular flexibility index (Phi) is 3.64. The van der Waals surface area contributed by atoms with Gasteiger partial charge in [-0.25, -0.2) is 15.8 Å². The maximum atomic E-state index is 6.16. The molecule has 0 aliphatic carbocycles. The lowest BCUT2D eigenvalue weighted by Crippen LogP contribution is -2.11. The van der Waals surface area contributed by atoms with Crippen LogP contribution in [-0.4, -0.2) is 9.97 Å². The van der Waals surface area contributed by atoms with E-state index in [1.54, 1.807) is 0 Å². The van der Waals surface area contributed by atoms with Gasteiger partial charge in [0.1, 0.15) is 18.0 Å². The number of nitrogens with zero attached hydrogens (tertiary/aromatic N) is 2. The SMILES string of the molecule is Cc1ccc(Nc2ncnc(NN)c2C)c(Cl)c1. The second kappa shape index (κ2) is 5.20. The lowest BCUT2D eigenvalue weighted by molar-refractivity contribution is 1.11. The van der Waals surface area contributed by atoms with Gasteiger partial charge in [-0.05, 0) is 31.5 Å². The molecule has 0 bridgehead atoms. The van der Waals surface area contributed by atoms with Crippen molar-refractivity contribution in [3.05, 3.63) is 40.7 Å². The molecule has 0 fully saturated rings. The number of aryl methyl sites for hydroxylation is 1. The van der Waals surface area contributed by atoms with Crippen LogP contribution in [0.25, 0.3) is 0 Å². The van der Waals surface area contributed by atoms with Crippen molar-refractivity contribution in [1.29, 1.82) is 0 Å². The molecule has 0 saturated carbocycles. The second-order valence-electron chi connectivity index (χ2n) is 3.95. The number of nitrogens with two attached hydrogens (primary N) is 1. The molecule has 5 nitrogen and oxygen atoms in total. The summed E-state index contributed by atoms with van der Waals surface area (Å²) >= 11 is 6.16. The number of nitrogen functional groups attached to an aromatic ring is 1. The highest BCUT2D eigenvalue weighted by molar-refractivity contribution is 6.33. The molecule has 0 aliphatic rings. The molecule has 0 unspecified atom stereocenters. The zero-order valence-corrected chi connectivity index (χ0v) is 10.9. The van der Waals surface area contributed by atoms with Gasteiger partial charge in [0.05, 0.1) is 10.7 Å². The third-order valence-electron chi connectivity index (χ3n) is 2.60. The fourth-order valence-electron chi connectivity index (χ4n) is 1.57. The van der Waals surface area contributed by atoms with Gasteiger partial charge in [0.25, 0.3) is 0 Å². The minimum atomic E-state index is 0.579. The van der Waals surface area contributed by atoms with Crippen LogP contribution in [-0.2, 0) is 0 Å². The summed E-state index contributed by atoms with van der Waals surface area (Å²) in [6.07, 6.45) is 1.44. The molecule has 0 aliphatic heterocycles. The Morgan fingerprint density at radius 3 is 2.56 bits per heavy atom. The van der Waals surface area contributed by atoms with Crippen molar-refractivity contribution < 1.29 is 0 Å². The third kappa shape index (κ3) is 2.52. The van der Waals surface area contributed by atoms with Crippen LogP contribution in [0.1, 0.15) is 11.1 Å². The Labute approximate surface area is 110 Å². The fraction of sp³-hybridized carbons (Fsp3) is 0.167. The summed E-state index contributed by atoms with van der Waals surface area (Å²) in [4.78, 5) is 8.18. The molecule has 0 amide bonds. The second-order valence-corrected chi connectivity index (χ2v) is 4.36. The van der Waals surface area contributed by atoms with Crippen molar-refractivity contribution in [2.24, 2.45) is 5.84 Å². The van der Waals surface area contributed by atoms with Gasteiger partial charge in [0.15, 0.2) is 0 Å². The van der Waals surface area contributed by atoms with E-state index in [1.165, 1.54) is 6.33 Å². The first-order chi connectivity index (χ1) is 8.61. The van der Waals surface area contributed by atoms with Gasteiger partial charge in [-0.3, -0.25) is 0 Å². The third-order valence-corrected chi connectivity index (χ3v) is 2.91. The largest absolute Gasteiger partial charge is 0.339 e. The molecule has 4 N–H and O–H groups in total. The van der Waals surface area contributed by atoms with E-state index in [9.17, 15) is 0 Å². The predicted molar refractivity (Wildman–Crippen MR) is 74.1 cm³/mol. The van der Waals surface area contributed by atoms with Crippen LogP contribution in [0, 0.1) is 13.8 Å². The van der Waals surface area contributed by atoms with E-state index < -0.39 is 0 Å². The number of hydrogen-bond acceptors (Lipinski definition) is 5. The number of halogens is 1. The van der Waals surface area contributed by atoms with E-state index in [0.29, 0.717) is 16.7 Å². The number of anilines is 3. The number of aromatic nitrogens is 2. The topological polar surface area (TPSA) is 75.9 Å². The van der Waals surface area contributed by atoms with E-state index >= 15 is 0 Å². The summed E-state index contributed by atoms with van der Waals surface area (Å²) in [5.41, 5.74) is 5.26. The van der Waals surface area contributed by atoms with E-state index in [1.807, 2.05) is 32.0 Å². The highest BCUT2D eigenvalue weighted by Gasteiger charge is 2.08. The van der Waals surface area contributed by atoms with Gasteiger partial charge in [-0.15, -0.1) is 0 Å². The smallest absolute Gasteiger partial charge is 0.148 e. The minimum absolute atomic E-state index is 0.579. The molecular weight excluding hydrogens is 250 g/mol. The van der Waals surface area contributed by atoms with Crippen LogP contribution in [0.4, 0.5) is 17.3 Å². The molecule has 1 heterocycles. The number of rotatable bonds is 3. The fourth-order valence-corrected chi connectivity index (χ4v) is 1.85. The molecule has 1 aromatic carbocycles. The molecule has 2 rings (SSSR count). The van der Waals surface area contributed by atoms with E-state index in [2.05, 4.69) is 20.7 Å². The summed E-state index contributed by atoms with van der Waals surface area (Å²) in [7, 11) is 0. The van der Waals surface area contributed by atoms with E-state index in [-0.39, 0.29) is 0 Å². The zero-order valence-electron chi connectivity index (χ0n) is 10.2.